The average molecular weight is 233 g/mol. The summed E-state index contributed by atoms with van der Waals surface area (Å²) in [5.74, 6) is -0.376. The molecule has 0 unspecified atom stereocenters. The van der Waals surface area contributed by atoms with Crippen molar-refractivity contribution < 1.29 is 13.2 Å². The highest BCUT2D eigenvalue weighted by Gasteiger charge is 2.10. The molecule has 1 aromatic rings. The standard InChI is InChI=1S/C8H11NO3S2/c1-14(11,12)7-4-6(13-5-7)2-3-8(9)10/h4-5H,2-3H2,1H3,(H2,9,10). The fraction of sp³-hybridized carbons (Fsp3) is 0.375. The average Bonchev–Trinajstić information content (AvgIpc) is 2.47. The van der Waals surface area contributed by atoms with E-state index in [1.165, 1.54) is 11.3 Å². The van der Waals surface area contributed by atoms with Gasteiger partial charge in [-0.3, -0.25) is 4.79 Å². The van der Waals surface area contributed by atoms with Gasteiger partial charge in [0.15, 0.2) is 9.84 Å². The van der Waals surface area contributed by atoms with Crippen molar-refractivity contribution in [1.29, 1.82) is 0 Å². The van der Waals surface area contributed by atoms with Gasteiger partial charge >= 0.3 is 0 Å². The van der Waals surface area contributed by atoms with E-state index in [4.69, 9.17) is 5.73 Å². The van der Waals surface area contributed by atoms with Crippen LogP contribution in [0.3, 0.4) is 0 Å². The first-order valence-corrected chi connectivity index (χ1v) is 6.72. The Labute approximate surface area is 86.7 Å². The second-order valence-electron chi connectivity index (χ2n) is 2.99. The maximum Gasteiger partial charge on any atom is 0.217 e. The largest absolute Gasteiger partial charge is 0.370 e. The van der Waals surface area contributed by atoms with Gasteiger partial charge in [-0.1, -0.05) is 0 Å². The van der Waals surface area contributed by atoms with Crippen LogP contribution in [0.15, 0.2) is 16.3 Å². The van der Waals surface area contributed by atoms with Crippen molar-refractivity contribution in [1.82, 2.24) is 0 Å². The van der Waals surface area contributed by atoms with E-state index >= 15 is 0 Å². The van der Waals surface area contributed by atoms with E-state index in [1.807, 2.05) is 0 Å². The molecule has 0 aliphatic heterocycles. The Bertz CT molecular complexity index is 433. The summed E-state index contributed by atoms with van der Waals surface area (Å²) >= 11 is 1.33. The van der Waals surface area contributed by atoms with Crippen LogP contribution >= 0.6 is 11.3 Å². The number of primary amides is 1. The van der Waals surface area contributed by atoms with Crippen LogP contribution in [0.25, 0.3) is 0 Å². The minimum Gasteiger partial charge on any atom is -0.370 e. The molecule has 4 nitrogen and oxygen atoms in total. The first-order chi connectivity index (χ1) is 6.39. The molecule has 1 aromatic heterocycles. The lowest BCUT2D eigenvalue weighted by Gasteiger charge is -1.92. The molecule has 1 amide bonds. The third kappa shape index (κ3) is 3.12. The van der Waals surface area contributed by atoms with Crippen LogP contribution in [-0.2, 0) is 21.1 Å². The molecule has 0 bridgehead atoms. The quantitative estimate of drug-likeness (QED) is 0.826. The molecule has 0 spiro atoms. The molecule has 0 saturated carbocycles. The summed E-state index contributed by atoms with van der Waals surface area (Å²) in [5.41, 5.74) is 4.98. The SMILES string of the molecule is CS(=O)(=O)c1csc(CCC(N)=O)c1. The maximum atomic E-state index is 11.1. The van der Waals surface area contributed by atoms with Gasteiger partial charge in [0, 0.05) is 22.9 Å². The van der Waals surface area contributed by atoms with Crippen molar-refractivity contribution in [3.63, 3.8) is 0 Å². The summed E-state index contributed by atoms with van der Waals surface area (Å²) in [6.45, 7) is 0. The third-order valence-corrected chi connectivity index (χ3v) is 3.91. The van der Waals surface area contributed by atoms with Gasteiger partial charge in [0.2, 0.25) is 5.91 Å². The molecule has 6 heteroatoms. The molecule has 78 valence electrons. The fourth-order valence-corrected chi connectivity index (χ4v) is 2.96. The number of carbonyl (C=O) groups is 1. The second-order valence-corrected chi connectivity index (χ2v) is 6.00. The zero-order valence-electron chi connectivity index (χ0n) is 7.69. The summed E-state index contributed by atoms with van der Waals surface area (Å²) in [6, 6.07) is 1.59. The number of thiophene rings is 1. The zero-order valence-corrected chi connectivity index (χ0v) is 9.32. The molecule has 0 atom stereocenters. The van der Waals surface area contributed by atoms with E-state index in [0.717, 1.165) is 11.1 Å². The van der Waals surface area contributed by atoms with Crippen molar-refractivity contribution >= 4 is 27.1 Å². The summed E-state index contributed by atoms with van der Waals surface area (Å²) in [6.07, 6.45) is 1.92. The summed E-state index contributed by atoms with van der Waals surface area (Å²) in [7, 11) is -3.13. The number of amides is 1. The summed E-state index contributed by atoms with van der Waals surface area (Å²) < 4.78 is 22.2. The van der Waals surface area contributed by atoms with Crippen LogP contribution in [0.1, 0.15) is 11.3 Å². The highest BCUT2D eigenvalue weighted by molar-refractivity contribution is 7.90. The Balaban J connectivity index is 2.74. The minimum atomic E-state index is -3.13. The van der Waals surface area contributed by atoms with Gasteiger partial charge in [-0.2, -0.15) is 0 Å². The Morgan fingerprint density at radius 1 is 1.57 bits per heavy atom. The number of nitrogens with two attached hydrogens (primary N) is 1. The number of sulfone groups is 1. The Hall–Kier alpha value is -0.880. The molecule has 1 rings (SSSR count). The molecule has 0 aliphatic rings. The van der Waals surface area contributed by atoms with Crippen LogP contribution in [0.5, 0.6) is 0 Å². The van der Waals surface area contributed by atoms with Crippen LogP contribution in [0.4, 0.5) is 0 Å². The van der Waals surface area contributed by atoms with Crippen LogP contribution in [0, 0.1) is 0 Å². The number of carbonyl (C=O) groups excluding carboxylic acids is 1. The fourth-order valence-electron chi connectivity index (χ4n) is 0.932. The van der Waals surface area contributed by atoms with Crippen molar-refractivity contribution in [3.05, 3.63) is 16.3 Å². The van der Waals surface area contributed by atoms with E-state index in [9.17, 15) is 13.2 Å². The lowest BCUT2D eigenvalue weighted by atomic mass is 10.2. The molecular formula is C8H11NO3S2. The zero-order chi connectivity index (χ0) is 10.8. The molecule has 0 saturated heterocycles. The first kappa shape index (κ1) is 11.2. The van der Waals surface area contributed by atoms with Gasteiger partial charge in [0.1, 0.15) is 0 Å². The van der Waals surface area contributed by atoms with Crippen LogP contribution in [0.2, 0.25) is 0 Å². The van der Waals surface area contributed by atoms with Crippen molar-refractivity contribution in [2.24, 2.45) is 5.73 Å². The number of hydrogen-bond acceptors (Lipinski definition) is 4. The molecular weight excluding hydrogens is 222 g/mol. The van der Waals surface area contributed by atoms with Crippen molar-refractivity contribution in [3.8, 4) is 0 Å². The van der Waals surface area contributed by atoms with E-state index in [1.54, 1.807) is 11.4 Å². The number of rotatable bonds is 4. The molecule has 2 N–H and O–H groups in total. The second kappa shape index (κ2) is 4.10. The van der Waals surface area contributed by atoms with Gasteiger partial charge in [0.05, 0.1) is 4.90 Å². The highest BCUT2D eigenvalue weighted by Crippen LogP contribution is 2.20. The van der Waals surface area contributed by atoms with Crippen molar-refractivity contribution in [2.75, 3.05) is 6.26 Å². The number of aryl methyl sites for hydroxylation is 1. The highest BCUT2D eigenvalue weighted by atomic mass is 32.2. The summed E-state index contributed by atoms with van der Waals surface area (Å²) in [4.78, 5) is 11.7. The minimum absolute atomic E-state index is 0.254. The van der Waals surface area contributed by atoms with Gasteiger partial charge in [-0.05, 0) is 12.5 Å². The van der Waals surface area contributed by atoms with Crippen molar-refractivity contribution in [2.45, 2.75) is 17.7 Å². The van der Waals surface area contributed by atoms with E-state index < -0.39 is 9.84 Å². The van der Waals surface area contributed by atoms with E-state index in [2.05, 4.69) is 0 Å². The molecule has 0 aliphatic carbocycles. The van der Waals surface area contributed by atoms with Gasteiger partial charge < -0.3 is 5.73 Å². The maximum absolute atomic E-state index is 11.1. The van der Waals surface area contributed by atoms with Gasteiger partial charge in [-0.15, -0.1) is 11.3 Å². The van der Waals surface area contributed by atoms with E-state index in [-0.39, 0.29) is 12.3 Å². The van der Waals surface area contributed by atoms with Gasteiger partial charge in [0.25, 0.3) is 0 Å². The first-order valence-electron chi connectivity index (χ1n) is 3.95. The van der Waals surface area contributed by atoms with Crippen LogP contribution < -0.4 is 5.73 Å². The lowest BCUT2D eigenvalue weighted by Crippen LogP contribution is -2.10. The third-order valence-electron chi connectivity index (χ3n) is 1.68. The van der Waals surface area contributed by atoms with Gasteiger partial charge in [-0.25, -0.2) is 8.42 Å². The molecule has 14 heavy (non-hydrogen) atoms. The smallest absolute Gasteiger partial charge is 0.217 e. The lowest BCUT2D eigenvalue weighted by molar-refractivity contribution is -0.117. The van der Waals surface area contributed by atoms with E-state index in [0.29, 0.717) is 11.3 Å². The Kier molecular flexibility index (Phi) is 3.28. The normalized spacial score (nSPS) is 11.5. The molecule has 0 fully saturated rings. The topological polar surface area (TPSA) is 77.2 Å². The molecule has 1 heterocycles. The monoisotopic (exact) mass is 233 g/mol. The predicted octanol–water partition coefficient (Wildman–Crippen LogP) is 0.570. The Morgan fingerprint density at radius 2 is 2.21 bits per heavy atom. The Morgan fingerprint density at radius 3 is 2.64 bits per heavy atom. The summed E-state index contributed by atoms with van der Waals surface area (Å²) in [5, 5.41) is 1.58. The van der Waals surface area contributed by atoms with Crippen LogP contribution in [-0.4, -0.2) is 20.6 Å². The molecule has 0 radical (unpaired) electrons. The number of hydrogen-bond donors (Lipinski definition) is 1. The predicted molar refractivity (Wildman–Crippen MR) is 54.9 cm³/mol. The molecule has 0 aromatic carbocycles.